The Bertz CT molecular complexity index is 451. The van der Waals surface area contributed by atoms with Gasteiger partial charge in [-0.25, -0.2) is 13.2 Å². The van der Waals surface area contributed by atoms with Crippen molar-refractivity contribution in [1.29, 1.82) is 0 Å². The van der Waals surface area contributed by atoms with E-state index in [1.807, 2.05) is 0 Å². The third-order valence-electron chi connectivity index (χ3n) is 2.92. The number of nitrogens with two attached hydrogens (primary N) is 1. The quantitative estimate of drug-likeness (QED) is 0.813. The molecular weight excluding hydrogens is 245 g/mol. The van der Waals surface area contributed by atoms with Crippen LogP contribution in [0.2, 0.25) is 0 Å². The normalized spacial score (nSPS) is 16.4. The summed E-state index contributed by atoms with van der Waals surface area (Å²) in [6.45, 7) is 0. The molecule has 1 saturated carbocycles. The van der Waals surface area contributed by atoms with Crippen LogP contribution in [-0.2, 0) is 4.79 Å². The number of nitrogens with one attached hydrogen (secondary N) is 1. The van der Waals surface area contributed by atoms with Gasteiger partial charge in [0.25, 0.3) is 0 Å². The standard InChI is InChI=1S/C12H13F3N2O/c13-8-3-7(4-9(14)12(8)15)17-11(18)5-10(16)6-1-2-6/h3-4,6,10H,1-2,5,16H2,(H,17,18). The van der Waals surface area contributed by atoms with Crippen LogP contribution in [-0.4, -0.2) is 11.9 Å². The highest BCUT2D eigenvalue weighted by molar-refractivity contribution is 5.91. The summed E-state index contributed by atoms with van der Waals surface area (Å²) in [5, 5.41) is 2.30. The number of amides is 1. The average molecular weight is 258 g/mol. The first kappa shape index (κ1) is 12.9. The molecular formula is C12H13F3N2O. The first-order valence-electron chi connectivity index (χ1n) is 5.67. The fourth-order valence-corrected chi connectivity index (χ4v) is 1.74. The minimum Gasteiger partial charge on any atom is -0.327 e. The Morgan fingerprint density at radius 2 is 1.89 bits per heavy atom. The maximum absolute atomic E-state index is 12.9. The molecule has 0 heterocycles. The molecule has 1 unspecified atom stereocenters. The second-order valence-electron chi connectivity index (χ2n) is 4.51. The lowest BCUT2D eigenvalue weighted by Gasteiger charge is -2.10. The van der Waals surface area contributed by atoms with Gasteiger partial charge in [0.15, 0.2) is 17.5 Å². The minimum atomic E-state index is -1.55. The van der Waals surface area contributed by atoms with Gasteiger partial charge in [-0.15, -0.1) is 0 Å². The molecule has 98 valence electrons. The van der Waals surface area contributed by atoms with Gasteiger partial charge in [0.2, 0.25) is 5.91 Å². The highest BCUT2D eigenvalue weighted by Gasteiger charge is 2.29. The van der Waals surface area contributed by atoms with Crippen molar-refractivity contribution in [2.45, 2.75) is 25.3 Å². The number of anilines is 1. The number of carbonyl (C=O) groups is 1. The predicted octanol–water partition coefficient (Wildman–Crippen LogP) is 2.17. The van der Waals surface area contributed by atoms with Crippen LogP contribution in [0.3, 0.4) is 0 Å². The van der Waals surface area contributed by atoms with Crippen molar-refractivity contribution >= 4 is 11.6 Å². The van der Waals surface area contributed by atoms with Crippen molar-refractivity contribution in [2.75, 3.05) is 5.32 Å². The summed E-state index contributed by atoms with van der Waals surface area (Å²) < 4.78 is 38.5. The van der Waals surface area contributed by atoms with Crippen LogP contribution in [0.1, 0.15) is 19.3 Å². The van der Waals surface area contributed by atoms with Crippen LogP contribution < -0.4 is 11.1 Å². The largest absolute Gasteiger partial charge is 0.327 e. The number of hydrogen-bond acceptors (Lipinski definition) is 2. The van der Waals surface area contributed by atoms with Gasteiger partial charge < -0.3 is 11.1 Å². The van der Waals surface area contributed by atoms with Gasteiger partial charge in [-0.2, -0.15) is 0 Å². The molecule has 1 aliphatic rings. The number of carbonyl (C=O) groups excluding carboxylic acids is 1. The molecule has 0 spiro atoms. The summed E-state index contributed by atoms with van der Waals surface area (Å²) in [6, 6.07) is 1.23. The summed E-state index contributed by atoms with van der Waals surface area (Å²) in [5.41, 5.74) is 5.64. The van der Waals surface area contributed by atoms with E-state index < -0.39 is 23.4 Å². The third kappa shape index (κ3) is 3.01. The molecule has 3 nitrogen and oxygen atoms in total. The maximum Gasteiger partial charge on any atom is 0.225 e. The first-order chi connectivity index (χ1) is 8.47. The molecule has 0 bridgehead atoms. The lowest BCUT2D eigenvalue weighted by molar-refractivity contribution is -0.116. The van der Waals surface area contributed by atoms with Crippen molar-refractivity contribution in [1.82, 2.24) is 0 Å². The molecule has 18 heavy (non-hydrogen) atoms. The zero-order valence-electron chi connectivity index (χ0n) is 9.55. The van der Waals surface area contributed by atoms with E-state index in [1.165, 1.54) is 0 Å². The monoisotopic (exact) mass is 258 g/mol. The molecule has 2 rings (SSSR count). The molecule has 1 aliphatic carbocycles. The highest BCUT2D eigenvalue weighted by atomic mass is 19.2. The van der Waals surface area contributed by atoms with Crippen molar-refractivity contribution in [3.8, 4) is 0 Å². The summed E-state index contributed by atoms with van der Waals surface area (Å²) in [5.74, 6) is -4.30. The van der Waals surface area contributed by atoms with Crippen molar-refractivity contribution in [3.63, 3.8) is 0 Å². The van der Waals surface area contributed by atoms with E-state index in [4.69, 9.17) is 5.73 Å². The Balaban J connectivity index is 1.98. The zero-order valence-corrected chi connectivity index (χ0v) is 9.55. The van der Waals surface area contributed by atoms with Crippen molar-refractivity contribution in [2.24, 2.45) is 11.7 Å². The number of rotatable bonds is 4. The predicted molar refractivity (Wildman–Crippen MR) is 60.3 cm³/mol. The molecule has 1 aromatic rings. The summed E-state index contributed by atoms with van der Waals surface area (Å²) in [7, 11) is 0. The Labute approximate surface area is 102 Å². The first-order valence-corrected chi connectivity index (χ1v) is 5.67. The number of halogens is 3. The molecule has 0 aromatic heterocycles. The Kier molecular flexibility index (Phi) is 3.56. The molecule has 1 amide bonds. The number of benzene rings is 1. The number of hydrogen-bond donors (Lipinski definition) is 2. The summed E-state index contributed by atoms with van der Waals surface area (Å²) in [6.07, 6.45) is 2.10. The van der Waals surface area contributed by atoms with Crippen LogP contribution in [0.5, 0.6) is 0 Å². The van der Waals surface area contributed by atoms with Crippen LogP contribution in [0, 0.1) is 23.4 Å². The highest BCUT2D eigenvalue weighted by Crippen LogP contribution is 2.32. The maximum atomic E-state index is 12.9. The Hall–Kier alpha value is -1.56. The Morgan fingerprint density at radius 1 is 1.33 bits per heavy atom. The van der Waals surface area contributed by atoms with Crippen LogP contribution in [0.15, 0.2) is 12.1 Å². The SMILES string of the molecule is NC(CC(=O)Nc1cc(F)c(F)c(F)c1)C1CC1. The molecule has 1 atom stereocenters. The second-order valence-corrected chi connectivity index (χ2v) is 4.51. The van der Waals surface area contributed by atoms with Gasteiger partial charge in [-0.05, 0) is 18.8 Å². The molecule has 0 saturated heterocycles. The molecule has 6 heteroatoms. The van der Waals surface area contributed by atoms with Gasteiger partial charge in [0, 0.05) is 30.3 Å². The lowest BCUT2D eigenvalue weighted by atomic mass is 10.1. The molecule has 3 N–H and O–H groups in total. The van der Waals surface area contributed by atoms with E-state index in [0.717, 1.165) is 25.0 Å². The van der Waals surface area contributed by atoms with E-state index in [-0.39, 0.29) is 18.2 Å². The van der Waals surface area contributed by atoms with Crippen molar-refractivity contribution in [3.05, 3.63) is 29.6 Å². The van der Waals surface area contributed by atoms with Gasteiger partial charge in [-0.1, -0.05) is 0 Å². The molecule has 0 aliphatic heterocycles. The fraction of sp³-hybridized carbons (Fsp3) is 0.417. The topological polar surface area (TPSA) is 55.1 Å². The minimum absolute atomic E-state index is 0.0886. The fourth-order valence-electron chi connectivity index (χ4n) is 1.74. The van der Waals surface area contributed by atoms with Crippen LogP contribution >= 0.6 is 0 Å². The average Bonchev–Trinajstić information content (AvgIpc) is 3.09. The van der Waals surface area contributed by atoms with Crippen LogP contribution in [0.4, 0.5) is 18.9 Å². The van der Waals surface area contributed by atoms with E-state index in [0.29, 0.717) is 5.92 Å². The van der Waals surface area contributed by atoms with E-state index in [9.17, 15) is 18.0 Å². The van der Waals surface area contributed by atoms with Gasteiger partial charge >= 0.3 is 0 Å². The smallest absolute Gasteiger partial charge is 0.225 e. The molecule has 1 aromatic carbocycles. The van der Waals surface area contributed by atoms with Gasteiger partial charge in [-0.3, -0.25) is 4.79 Å². The van der Waals surface area contributed by atoms with Gasteiger partial charge in [0.05, 0.1) is 0 Å². The van der Waals surface area contributed by atoms with Crippen LogP contribution in [0.25, 0.3) is 0 Å². The van der Waals surface area contributed by atoms with Crippen molar-refractivity contribution < 1.29 is 18.0 Å². The zero-order chi connectivity index (χ0) is 13.3. The molecule has 1 fully saturated rings. The van der Waals surface area contributed by atoms with Gasteiger partial charge in [0.1, 0.15) is 0 Å². The second kappa shape index (κ2) is 4.97. The van der Waals surface area contributed by atoms with E-state index in [1.54, 1.807) is 0 Å². The third-order valence-corrected chi connectivity index (χ3v) is 2.92. The van der Waals surface area contributed by atoms with E-state index in [2.05, 4.69) is 5.32 Å². The lowest BCUT2D eigenvalue weighted by Crippen LogP contribution is -2.28. The summed E-state index contributed by atoms with van der Waals surface area (Å²) in [4.78, 5) is 11.5. The molecule has 0 radical (unpaired) electrons. The summed E-state index contributed by atoms with van der Waals surface area (Å²) >= 11 is 0. The van der Waals surface area contributed by atoms with E-state index >= 15 is 0 Å². The Morgan fingerprint density at radius 3 is 2.39 bits per heavy atom.